The van der Waals surface area contributed by atoms with Crippen LogP contribution in [0.1, 0.15) is 33.9 Å². The Hall–Kier alpha value is -2.86. The fourth-order valence-corrected chi connectivity index (χ4v) is 4.68. The maximum atomic E-state index is 12.3. The van der Waals surface area contributed by atoms with Gasteiger partial charge in [0, 0.05) is 40.5 Å². The summed E-state index contributed by atoms with van der Waals surface area (Å²) in [6, 6.07) is 12.7. The molecule has 2 aliphatic heterocycles. The molecule has 0 radical (unpaired) electrons. The summed E-state index contributed by atoms with van der Waals surface area (Å²) in [6.07, 6.45) is 4.20. The number of rotatable bonds is 1. The molecule has 0 aliphatic carbocycles. The highest BCUT2D eigenvalue weighted by Gasteiger charge is 2.29. The number of anilines is 4. The number of thiazole rings is 1. The third-order valence-electron chi connectivity index (χ3n) is 5.15. The van der Waals surface area contributed by atoms with Gasteiger partial charge in [-0.15, -0.1) is 11.3 Å². The molecule has 3 aromatic rings. The van der Waals surface area contributed by atoms with E-state index in [0.717, 1.165) is 40.3 Å². The van der Waals surface area contributed by atoms with Crippen molar-refractivity contribution in [1.29, 1.82) is 0 Å². The standard InChI is InChI=1S/C20H18N4OS/c21-20-22-10-18(26-20)14-8-19(25)24-17-9-16-12(7-13(14)17)6-5-11-3-1-2-4-15(11)23-16/h1-4,7,9-10,14,23H,5-6,8H2,(H2,21,22)(H,24,25)/t14-/m0/s1. The molecular weight excluding hydrogens is 344 g/mol. The second kappa shape index (κ2) is 5.85. The van der Waals surface area contributed by atoms with Gasteiger partial charge in [0.15, 0.2) is 5.13 Å². The molecule has 1 aromatic heterocycles. The number of aryl methyl sites for hydroxylation is 2. The van der Waals surface area contributed by atoms with Gasteiger partial charge in [-0.2, -0.15) is 0 Å². The third-order valence-corrected chi connectivity index (χ3v) is 6.09. The van der Waals surface area contributed by atoms with E-state index in [-0.39, 0.29) is 11.8 Å². The number of benzene rings is 2. The van der Waals surface area contributed by atoms with Gasteiger partial charge in [-0.25, -0.2) is 4.98 Å². The molecule has 3 heterocycles. The van der Waals surface area contributed by atoms with E-state index in [9.17, 15) is 4.79 Å². The number of para-hydroxylation sites is 1. The van der Waals surface area contributed by atoms with Crippen LogP contribution >= 0.6 is 11.3 Å². The number of nitrogens with two attached hydrogens (primary N) is 1. The van der Waals surface area contributed by atoms with Crippen LogP contribution in [0.2, 0.25) is 0 Å². The van der Waals surface area contributed by atoms with Crippen LogP contribution in [0, 0.1) is 0 Å². The summed E-state index contributed by atoms with van der Waals surface area (Å²) in [6.45, 7) is 0. The number of carbonyl (C=O) groups is 1. The summed E-state index contributed by atoms with van der Waals surface area (Å²) >= 11 is 1.46. The van der Waals surface area contributed by atoms with Crippen LogP contribution in [0.15, 0.2) is 42.6 Å². The summed E-state index contributed by atoms with van der Waals surface area (Å²) < 4.78 is 0. The molecule has 0 saturated heterocycles. The minimum absolute atomic E-state index is 0.0180. The molecule has 130 valence electrons. The second-order valence-electron chi connectivity index (χ2n) is 6.78. The molecule has 0 unspecified atom stereocenters. The van der Waals surface area contributed by atoms with E-state index in [1.54, 1.807) is 6.20 Å². The number of nitrogens with one attached hydrogen (secondary N) is 2. The normalized spacial score (nSPS) is 18.0. The molecule has 5 rings (SSSR count). The van der Waals surface area contributed by atoms with Crippen LogP contribution in [0.5, 0.6) is 0 Å². The highest BCUT2D eigenvalue weighted by Crippen LogP contribution is 2.43. The highest BCUT2D eigenvalue weighted by atomic mass is 32.1. The third kappa shape index (κ3) is 2.54. The van der Waals surface area contributed by atoms with Crippen LogP contribution in [-0.2, 0) is 17.6 Å². The molecule has 0 fully saturated rings. The lowest BCUT2D eigenvalue weighted by Gasteiger charge is -2.26. The number of aromatic nitrogens is 1. The van der Waals surface area contributed by atoms with Crippen molar-refractivity contribution in [1.82, 2.24) is 4.98 Å². The van der Waals surface area contributed by atoms with Gasteiger partial charge in [0.2, 0.25) is 5.91 Å². The van der Waals surface area contributed by atoms with Crippen LogP contribution in [0.25, 0.3) is 0 Å². The van der Waals surface area contributed by atoms with Crippen molar-refractivity contribution in [2.75, 3.05) is 16.4 Å². The smallest absolute Gasteiger partial charge is 0.225 e. The van der Waals surface area contributed by atoms with Crippen molar-refractivity contribution in [3.63, 3.8) is 0 Å². The summed E-state index contributed by atoms with van der Waals surface area (Å²) in [7, 11) is 0. The first-order valence-corrected chi connectivity index (χ1v) is 9.52. The number of hydrogen-bond donors (Lipinski definition) is 3. The van der Waals surface area contributed by atoms with E-state index >= 15 is 0 Å². The second-order valence-corrected chi connectivity index (χ2v) is 7.88. The number of hydrogen-bond acceptors (Lipinski definition) is 5. The van der Waals surface area contributed by atoms with E-state index in [0.29, 0.717) is 11.6 Å². The first-order valence-electron chi connectivity index (χ1n) is 8.70. The Morgan fingerprint density at radius 2 is 1.88 bits per heavy atom. The lowest BCUT2D eigenvalue weighted by molar-refractivity contribution is -0.116. The van der Waals surface area contributed by atoms with Gasteiger partial charge >= 0.3 is 0 Å². The van der Waals surface area contributed by atoms with Crippen molar-refractivity contribution >= 4 is 39.4 Å². The van der Waals surface area contributed by atoms with Gasteiger partial charge in [-0.05, 0) is 41.7 Å². The summed E-state index contributed by atoms with van der Waals surface area (Å²) in [5.41, 5.74) is 12.6. The van der Waals surface area contributed by atoms with Gasteiger partial charge in [0.05, 0.1) is 0 Å². The first kappa shape index (κ1) is 15.4. The van der Waals surface area contributed by atoms with Crippen molar-refractivity contribution in [2.45, 2.75) is 25.2 Å². The molecule has 2 aliphatic rings. The van der Waals surface area contributed by atoms with Crippen molar-refractivity contribution < 1.29 is 4.79 Å². The SMILES string of the molecule is Nc1ncc([C@H]2CC(=O)Nc3cc4c(cc32)CCc2ccccc2N4)s1. The van der Waals surface area contributed by atoms with Crippen LogP contribution < -0.4 is 16.4 Å². The summed E-state index contributed by atoms with van der Waals surface area (Å²) in [4.78, 5) is 17.5. The van der Waals surface area contributed by atoms with E-state index in [1.165, 1.54) is 22.5 Å². The topological polar surface area (TPSA) is 80.0 Å². The molecule has 1 atom stereocenters. The fourth-order valence-electron chi connectivity index (χ4n) is 3.87. The molecule has 0 bridgehead atoms. The van der Waals surface area contributed by atoms with Crippen molar-refractivity contribution in [2.24, 2.45) is 0 Å². The number of amides is 1. The molecule has 2 aromatic carbocycles. The Balaban J connectivity index is 1.61. The zero-order chi connectivity index (χ0) is 17.7. The van der Waals surface area contributed by atoms with Gasteiger partial charge in [-0.3, -0.25) is 4.79 Å². The Morgan fingerprint density at radius 1 is 1.04 bits per heavy atom. The maximum absolute atomic E-state index is 12.3. The van der Waals surface area contributed by atoms with E-state index in [1.807, 2.05) is 6.07 Å². The fraction of sp³-hybridized carbons (Fsp3) is 0.200. The van der Waals surface area contributed by atoms with E-state index in [4.69, 9.17) is 5.73 Å². The van der Waals surface area contributed by atoms with Crippen LogP contribution in [0.4, 0.5) is 22.2 Å². The van der Waals surface area contributed by atoms with Crippen LogP contribution in [0.3, 0.4) is 0 Å². The van der Waals surface area contributed by atoms with E-state index < -0.39 is 0 Å². The van der Waals surface area contributed by atoms with E-state index in [2.05, 4.69) is 45.9 Å². The lowest BCUT2D eigenvalue weighted by atomic mass is 9.87. The Morgan fingerprint density at radius 3 is 2.73 bits per heavy atom. The lowest BCUT2D eigenvalue weighted by Crippen LogP contribution is -2.23. The number of fused-ring (bicyclic) bond motifs is 3. The average Bonchev–Trinajstić information content (AvgIpc) is 2.98. The predicted molar refractivity (Wildman–Crippen MR) is 105 cm³/mol. The largest absolute Gasteiger partial charge is 0.375 e. The zero-order valence-electron chi connectivity index (χ0n) is 14.1. The zero-order valence-corrected chi connectivity index (χ0v) is 14.9. The highest BCUT2D eigenvalue weighted by molar-refractivity contribution is 7.15. The molecule has 4 N–H and O–H groups in total. The molecule has 0 spiro atoms. The van der Waals surface area contributed by atoms with Crippen LogP contribution in [-0.4, -0.2) is 10.9 Å². The van der Waals surface area contributed by atoms with Gasteiger partial charge in [0.25, 0.3) is 0 Å². The minimum atomic E-state index is 0.0180. The Bertz CT molecular complexity index is 1030. The van der Waals surface area contributed by atoms with Gasteiger partial charge < -0.3 is 16.4 Å². The van der Waals surface area contributed by atoms with Gasteiger partial charge in [-0.1, -0.05) is 24.3 Å². The molecule has 1 amide bonds. The van der Waals surface area contributed by atoms with Crippen molar-refractivity contribution in [3.05, 3.63) is 64.2 Å². The summed E-state index contributed by atoms with van der Waals surface area (Å²) in [5, 5.41) is 7.12. The predicted octanol–water partition coefficient (Wildman–Crippen LogP) is 4.04. The molecule has 0 saturated carbocycles. The maximum Gasteiger partial charge on any atom is 0.225 e. The number of nitrogen functional groups attached to an aromatic ring is 1. The molecule has 5 nitrogen and oxygen atoms in total. The first-order chi connectivity index (χ1) is 12.7. The summed E-state index contributed by atoms with van der Waals surface area (Å²) in [5.74, 6) is 0.0490. The Kier molecular flexibility index (Phi) is 3.46. The molecule has 6 heteroatoms. The van der Waals surface area contributed by atoms with Gasteiger partial charge in [0.1, 0.15) is 0 Å². The molecule has 26 heavy (non-hydrogen) atoms. The molecular formula is C20H18N4OS. The monoisotopic (exact) mass is 362 g/mol. The number of carbonyl (C=O) groups excluding carboxylic acids is 1. The quantitative estimate of drug-likeness (QED) is 0.610. The average molecular weight is 362 g/mol. The number of nitrogens with zero attached hydrogens (tertiary/aromatic N) is 1. The Labute approximate surface area is 155 Å². The minimum Gasteiger partial charge on any atom is -0.375 e. The van der Waals surface area contributed by atoms with Crippen molar-refractivity contribution in [3.8, 4) is 0 Å².